The van der Waals surface area contributed by atoms with E-state index in [1.54, 1.807) is 19.2 Å². The van der Waals surface area contributed by atoms with Crippen molar-refractivity contribution in [2.24, 2.45) is 5.92 Å². The number of amides is 1. The van der Waals surface area contributed by atoms with Crippen molar-refractivity contribution < 1.29 is 27.8 Å². The summed E-state index contributed by atoms with van der Waals surface area (Å²) in [6, 6.07) is 3.51. The van der Waals surface area contributed by atoms with Crippen LogP contribution in [-0.4, -0.2) is 89.7 Å². The van der Waals surface area contributed by atoms with Gasteiger partial charge in [0.2, 0.25) is 10.0 Å². The lowest BCUT2D eigenvalue weighted by Gasteiger charge is -2.36. The van der Waals surface area contributed by atoms with Crippen molar-refractivity contribution in [1.82, 2.24) is 14.9 Å². The third kappa shape index (κ3) is 5.97. The first-order chi connectivity index (χ1) is 14.3. The third-order valence-corrected chi connectivity index (χ3v) is 6.03. The number of fused-ring (bicyclic) bond motifs is 1. The number of nitrogens with zero attached hydrogens (tertiary/aromatic N) is 1. The van der Waals surface area contributed by atoms with Gasteiger partial charge in [-0.15, -0.1) is 0 Å². The number of piperidine rings is 1. The molecule has 2 aliphatic heterocycles. The van der Waals surface area contributed by atoms with E-state index in [2.05, 4.69) is 15.4 Å². The van der Waals surface area contributed by atoms with Gasteiger partial charge in [-0.25, -0.2) is 13.1 Å². The summed E-state index contributed by atoms with van der Waals surface area (Å²) in [7, 11) is -1.45. The second-order valence-electron chi connectivity index (χ2n) is 7.59. The van der Waals surface area contributed by atoms with Crippen molar-refractivity contribution in [2.75, 3.05) is 64.6 Å². The van der Waals surface area contributed by atoms with Crippen LogP contribution in [0.15, 0.2) is 12.1 Å². The Balaban J connectivity index is 1.53. The van der Waals surface area contributed by atoms with Crippen LogP contribution in [0.25, 0.3) is 0 Å². The van der Waals surface area contributed by atoms with Crippen molar-refractivity contribution in [3.8, 4) is 11.5 Å². The normalized spacial score (nSPS) is 21.8. The average Bonchev–Trinajstić information content (AvgIpc) is 2.71. The number of rotatable bonds is 8. The molecule has 2 atom stereocenters. The molecule has 0 bridgehead atoms. The van der Waals surface area contributed by atoms with Gasteiger partial charge in [0.25, 0.3) is 5.91 Å². The minimum absolute atomic E-state index is 0.0754. The maximum absolute atomic E-state index is 12.8. The Morgan fingerprint density at radius 3 is 2.77 bits per heavy atom. The van der Waals surface area contributed by atoms with E-state index in [1.807, 2.05) is 4.90 Å². The Kier molecular flexibility index (Phi) is 7.40. The molecule has 3 rings (SSSR count). The van der Waals surface area contributed by atoms with E-state index in [-0.39, 0.29) is 11.8 Å². The van der Waals surface area contributed by atoms with E-state index in [0.29, 0.717) is 62.9 Å². The van der Waals surface area contributed by atoms with Crippen LogP contribution >= 0.6 is 0 Å². The van der Waals surface area contributed by atoms with E-state index in [1.165, 1.54) is 0 Å². The minimum atomic E-state index is -3.22. The van der Waals surface area contributed by atoms with Gasteiger partial charge in [0, 0.05) is 50.9 Å². The van der Waals surface area contributed by atoms with Gasteiger partial charge in [0.05, 0.1) is 17.9 Å². The highest BCUT2D eigenvalue weighted by Gasteiger charge is 2.29. The minimum Gasteiger partial charge on any atom is -0.486 e. The Hall–Kier alpha value is -2.08. The smallest absolute Gasteiger partial charge is 0.255 e. The van der Waals surface area contributed by atoms with Crippen molar-refractivity contribution in [1.29, 1.82) is 0 Å². The molecule has 0 aliphatic carbocycles. The van der Waals surface area contributed by atoms with Gasteiger partial charge >= 0.3 is 0 Å². The molecule has 1 fully saturated rings. The summed E-state index contributed by atoms with van der Waals surface area (Å²) in [6.07, 6.45) is 1.22. The molecule has 1 unspecified atom stereocenters. The van der Waals surface area contributed by atoms with Crippen molar-refractivity contribution in [3.05, 3.63) is 17.7 Å². The Morgan fingerprint density at radius 1 is 1.30 bits per heavy atom. The molecule has 0 aromatic heterocycles. The summed E-state index contributed by atoms with van der Waals surface area (Å²) in [5, 5.41) is 16.4. The van der Waals surface area contributed by atoms with Crippen molar-refractivity contribution in [2.45, 2.75) is 12.5 Å². The maximum atomic E-state index is 12.8. The number of β-amino-alcohol motifs (C(OH)–C–C–N with tert-alkyl or cyclic N) is 1. The van der Waals surface area contributed by atoms with Crippen LogP contribution in [0.2, 0.25) is 0 Å². The topological polar surface area (TPSA) is 129 Å². The number of carbonyl (C=O) groups excluding carboxylic acids is 1. The first kappa shape index (κ1) is 22.6. The number of likely N-dealkylation sites (tertiary alicyclic amines) is 1. The first-order valence-corrected chi connectivity index (χ1v) is 11.9. The zero-order valence-corrected chi connectivity index (χ0v) is 18.1. The van der Waals surface area contributed by atoms with Gasteiger partial charge < -0.3 is 25.2 Å². The number of hydrogen-bond acceptors (Lipinski definition) is 8. The fourth-order valence-electron chi connectivity index (χ4n) is 3.66. The second kappa shape index (κ2) is 9.82. The maximum Gasteiger partial charge on any atom is 0.255 e. The van der Waals surface area contributed by atoms with Crippen LogP contribution in [0.4, 0.5) is 5.69 Å². The van der Waals surface area contributed by atoms with E-state index in [9.17, 15) is 18.3 Å². The SMILES string of the molecule is CNc1cc2c(c(C(=O)NC[C@@H]3CCN(CCNS(C)(=O)=O)CC3O)c1)OCCO2. The third-order valence-electron chi connectivity index (χ3n) is 5.30. The van der Waals surface area contributed by atoms with E-state index < -0.39 is 16.1 Å². The number of nitrogens with one attached hydrogen (secondary N) is 3. The molecule has 1 amide bonds. The molecule has 0 saturated carbocycles. The lowest BCUT2D eigenvalue weighted by atomic mass is 9.93. The summed E-state index contributed by atoms with van der Waals surface area (Å²) in [6.45, 7) is 3.17. The fourth-order valence-corrected chi connectivity index (χ4v) is 4.12. The highest BCUT2D eigenvalue weighted by molar-refractivity contribution is 7.88. The Bertz CT molecular complexity index is 863. The molecular formula is C19H30N4O6S. The van der Waals surface area contributed by atoms with Crippen LogP contribution in [-0.2, 0) is 10.0 Å². The van der Waals surface area contributed by atoms with Gasteiger partial charge in [0.15, 0.2) is 11.5 Å². The number of sulfonamides is 1. The Morgan fingerprint density at radius 2 is 2.07 bits per heavy atom. The number of carbonyl (C=O) groups is 1. The van der Waals surface area contributed by atoms with Crippen LogP contribution in [0, 0.1) is 5.92 Å². The van der Waals surface area contributed by atoms with Gasteiger partial charge in [-0.3, -0.25) is 9.69 Å². The quantitative estimate of drug-likeness (QED) is 0.423. The lowest BCUT2D eigenvalue weighted by Crippen LogP contribution is -2.49. The molecular weight excluding hydrogens is 412 g/mol. The molecule has 2 aliphatic rings. The van der Waals surface area contributed by atoms with Crippen molar-refractivity contribution >= 4 is 21.6 Å². The molecule has 0 radical (unpaired) electrons. The van der Waals surface area contributed by atoms with Gasteiger partial charge in [-0.05, 0) is 19.0 Å². The monoisotopic (exact) mass is 442 g/mol. The largest absolute Gasteiger partial charge is 0.486 e. The zero-order chi connectivity index (χ0) is 21.7. The number of ether oxygens (including phenoxy) is 2. The predicted octanol–water partition coefficient (Wildman–Crippen LogP) is -0.539. The van der Waals surface area contributed by atoms with Crippen LogP contribution in [0.5, 0.6) is 11.5 Å². The summed E-state index contributed by atoms with van der Waals surface area (Å²) in [5.41, 5.74) is 1.15. The summed E-state index contributed by atoms with van der Waals surface area (Å²) in [5.74, 6) is 0.621. The molecule has 168 valence electrons. The Labute approximate surface area is 177 Å². The molecule has 30 heavy (non-hydrogen) atoms. The molecule has 2 heterocycles. The number of benzene rings is 1. The number of aliphatic hydroxyl groups excluding tert-OH is 1. The fraction of sp³-hybridized carbons (Fsp3) is 0.632. The van der Waals surface area contributed by atoms with E-state index >= 15 is 0 Å². The van der Waals surface area contributed by atoms with Crippen LogP contribution < -0.4 is 24.8 Å². The summed E-state index contributed by atoms with van der Waals surface area (Å²) < 4.78 is 36.0. The number of hydrogen-bond donors (Lipinski definition) is 4. The molecule has 4 N–H and O–H groups in total. The highest BCUT2D eigenvalue weighted by Crippen LogP contribution is 2.37. The highest BCUT2D eigenvalue weighted by atomic mass is 32.2. The van der Waals surface area contributed by atoms with E-state index in [0.717, 1.165) is 18.5 Å². The zero-order valence-electron chi connectivity index (χ0n) is 17.3. The average molecular weight is 443 g/mol. The summed E-state index contributed by atoms with van der Waals surface area (Å²) in [4.78, 5) is 14.8. The lowest BCUT2D eigenvalue weighted by molar-refractivity contribution is 0.0231. The van der Waals surface area contributed by atoms with Crippen LogP contribution in [0.1, 0.15) is 16.8 Å². The van der Waals surface area contributed by atoms with Gasteiger partial charge in [-0.2, -0.15) is 0 Å². The van der Waals surface area contributed by atoms with E-state index in [4.69, 9.17) is 9.47 Å². The molecule has 1 aromatic rings. The second-order valence-corrected chi connectivity index (χ2v) is 9.42. The summed E-state index contributed by atoms with van der Waals surface area (Å²) >= 11 is 0. The number of aliphatic hydroxyl groups is 1. The van der Waals surface area contributed by atoms with Gasteiger partial charge in [0.1, 0.15) is 13.2 Å². The van der Waals surface area contributed by atoms with Crippen LogP contribution in [0.3, 0.4) is 0 Å². The molecule has 1 aromatic carbocycles. The molecule has 11 heteroatoms. The van der Waals surface area contributed by atoms with Crippen molar-refractivity contribution in [3.63, 3.8) is 0 Å². The predicted molar refractivity (Wildman–Crippen MR) is 113 cm³/mol. The standard InChI is InChI=1S/C19H30N4O6S/c1-20-14-9-15(18-17(10-14)28-7-8-29-18)19(25)21-11-13-3-5-23(12-16(13)24)6-4-22-30(2,26)27/h9-10,13,16,20,22,24H,3-8,11-12H2,1-2H3,(H,21,25)/t13-,16?/m0/s1. The molecule has 0 spiro atoms. The molecule has 1 saturated heterocycles. The number of anilines is 1. The molecule has 10 nitrogen and oxygen atoms in total. The van der Waals surface area contributed by atoms with Gasteiger partial charge in [-0.1, -0.05) is 0 Å². The first-order valence-electron chi connectivity index (χ1n) is 10.0.